The Bertz CT molecular complexity index is 768. The Balaban J connectivity index is 1.83. The standard InChI is InChI=1S/C15H12N2O2S2/c1-10(11-5-4-6-12(9-11)17(18)19)20-15-16-13-7-2-3-8-14(13)21-15/h2-10H,1H3. The Morgan fingerprint density at radius 2 is 2.05 bits per heavy atom. The minimum atomic E-state index is -0.363. The molecular formula is C15H12N2O2S2. The van der Waals surface area contributed by atoms with Crippen molar-refractivity contribution in [2.45, 2.75) is 16.5 Å². The summed E-state index contributed by atoms with van der Waals surface area (Å²) in [6.45, 7) is 2.04. The molecule has 1 aromatic heterocycles. The first-order valence-corrected chi connectivity index (χ1v) is 8.09. The van der Waals surface area contributed by atoms with E-state index in [4.69, 9.17) is 0 Å². The van der Waals surface area contributed by atoms with E-state index in [9.17, 15) is 10.1 Å². The quantitative estimate of drug-likeness (QED) is 0.383. The summed E-state index contributed by atoms with van der Waals surface area (Å²) in [5, 5.41) is 11.0. The molecule has 0 saturated carbocycles. The summed E-state index contributed by atoms with van der Waals surface area (Å²) in [5.74, 6) is 0. The number of thiazole rings is 1. The number of para-hydroxylation sites is 1. The average molecular weight is 316 g/mol. The van der Waals surface area contributed by atoms with Gasteiger partial charge in [0, 0.05) is 17.4 Å². The molecule has 3 aromatic rings. The van der Waals surface area contributed by atoms with Gasteiger partial charge in [0.05, 0.1) is 15.1 Å². The first kappa shape index (κ1) is 14.0. The van der Waals surface area contributed by atoms with Crippen molar-refractivity contribution in [3.05, 3.63) is 64.2 Å². The molecule has 1 heterocycles. The van der Waals surface area contributed by atoms with E-state index in [-0.39, 0.29) is 15.9 Å². The number of fused-ring (bicyclic) bond motifs is 1. The zero-order valence-corrected chi connectivity index (χ0v) is 12.9. The number of thioether (sulfide) groups is 1. The van der Waals surface area contributed by atoms with Gasteiger partial charge in [0.15, 0.2) is 4.34 Å². The number of non-ortho nitro benzene ring substituents is 1. The smallest absolute Gasteiger partial charge is 0.258 e. The van der Waals surface area contributed by atoms with E-state index in [0.29, 0.717) is 0 Å². The van der Waals surface area contributed by atoms with Gasteiger partial charge in [-0.15, -0.1) is 11.3 Å². The van der Waals surface area contributed by atoms with Crippen molar-refractivity contribution < 1.29 is 4.92 Å². The Morgan fingerprint density at radius 3 is 2.81 bits per heavy atom. The van der Waals surface area contributed by atoms with E-state index < -0.39 is 0 Å². The van der Waals surface area contributed by atoms with Gasteiger partial charge in [0.2, 0.25) is 0 Å². The van der Waals surface area contributed by atoms with Gasteiger partial charge >= 0.3 is 0 Å². The monoisotopic (exact) mass is 316 g/mol. The van der Waals surface area contributed by atoms with Crippen LogP contribution in [0.4, 0.5) is 5.69 Å². The third-order valence-electron chi connectivity index (χ3n) is 3.10. The van der Waals surface area contributed by atoms with Crippen LogP contribution in [-0.2, 0) is 0 Å². The van der Waals surface area contributed by atoms with Crippen LogP contribution in [0.1, 0.15) is 17.7 Å². The van der Waals surface area contributed by atoms with Gasteiger partial charge in [0.25, 0.3) is 5.69 Å². The molecule has 1 unspecified atom stereocenters. The molecule has 0 fully saturated rings. The number of benzene rings is 2. The van der Waals surface area contributed by atoms with Gasteiger partial charge < -0.3 is 0 Å². The largest absolute Gasteiger partial charge is 0.269 e. The Labute approximate surface area is 130 Å². The van der Waals surface area contributed by atoms with Gasteiger partial charge in [-0.05, 0) is 24.6 Å². The molecule has 0 aliphatic rings. The van der Waals surface area contributed by atoms with Crippen LogP contribution >= 0.6 is 23.1 Å². The predicted molar refractivity (Wildman–Crippen MR) is 87.0 cm³/mol. The van der Waals surface area contributed by atoms with Crippen LogP contribution in [0, 0.1) is 10.1 Å². The van der Waals surface area contributed by atoms with E-state index >= 15 is 0 Å². The van der Waals surface area contributed by atoms with Crippen molar-refractivity contribution in [1.82, 2.24) is 4.98 Å². The summed E-state index contributed by atoms with van der Waals surface area (Å²) in [5.41, 5.74) is 2.06. The lowest BCUT2D eigenvalue weighted by atomic mass is 10.1. The second-order valence-electron chi connectivity index (χ2n) is 4.56. The van der Waals surface area contributed by atoms with Crippen LogP contribution in [-0.4, -0.2) is 9.91 Å². The van der Waals surface area contributed by atoms with Crippen molar-refractivity contribution in [3.63, 3.8) is 0 Å². The lowest BCUT2D eigenvalue weighted by Crippen LogP contribution is -1.92. The van der Waals surface area contributed by atoms with Crippen LogP contribution in [0.25, 0.3) is 10.2 Å². The molecule has 3 rings (SSSR count). The summed E-state index contributed by atoms with van der Waals surface area (Å²) in [6.07, 6.45) is 0. The lowest BCUT2D eigenvalue weighted by Gasteiger charge is -2.08. The fraction of sp³-hybridized carbons (Fsp3) is 0.133. The highest BCUT2D eigenvalue weighted by molar-refractivity contribution is 8.01. The molecule has 0 radical (unpaired) electrons. The number of aromatic nitrogens is 1. The second-order valence-corrected chi connectivity index (χ2v) is 7.18. The maximum Gasteiger partial charge on any atom is 0.269 e. The van der Waals surface area contributed by atoms with Gasteiger partial charge in [-0.25, -0.2) is 4.98 Å². The number of hydrogen-bond donors (Lipinski definition) is 0. The lowest BCUT2D eigenvalue weighted by molar-refractivity contribution is -0.384. The molecule has 0 aliphatic carbocycles. The van der Waals surface area contributed by atoms with Crippen LogP contribution in [0.3, 0.4) is 0 Å². The summed E-state index contributed by atoms with van der Waals surface area (Å²) in [6, 6.07) is 14.8. The van der Waals surface area contributed by atoms with Crippen molar-refractivity contribution in [2.75, 3.05) is 0 Å². The highest BCUT2D eigenvalue weighted by atomic mass is 32.2. The molecule has 0 N–H and O–H groups in total. The summed E-state index contributed by atoms with van der Waals surface area (Å²) in [4.78, 5) is 15.1. The topological polar surface area (TPSA) is 56.0 Å². The number of nitro groups is 1. The van der Waals surface area contributed by atoms with Crippen molar-refractivity contribution in [1.29, 1.82) is 0 Å². The molecule has 0 amide bonds. The van der Waals surface area contributed by atoms with Crippen LogP contribution < -0.4 is 0 Å². The number of nitrogens with zero attached hydrogens (tertiary/aromatic N) is 2. The molecule has 0 aliphatic heterocycles. The normalized spacial score (nSPS) is 12.4. The fourth-order valence-corrected chi connectivity index (χ4v) is 4.34. The Morgan fingerprint density at radius 1 is 1.24 bits per heavy atom. The molecule has 0 saturated heterocycles. The van der Waals surface area contributed by atoms with Crippen molar-refractivity contribution in [2.24, 2.45) is 0 Å². The SMILES string of the molecule is CC(Sc1nc2ccccc2s1)c1cccc([N+](=O)[O-])c1. The maximum absolute atomic E-state index is 10.8. The van der Waals surface area contributed by atoms with Crippen LogP contribution in [0.15, 0.2) is 52.9 Å². The van der Waals surface area contributed by atoms with Gasteiger partial charge in [0.1, 0.15) is 0 Å². The molecule has 4 nitrogen and oxygen atoms in total. The molecular weight excluding hydrogens is 304 g/mol. The van der Waals surface area contributed by atoms with E-state index in [1.165, 1.54) is 6.07 Å². The van der Waals surface area contributed by atoms with Crippen LogP contribution in [0.5, 0.6) is 0 Å². The van der Waals surface area contributed by atoms with Gasteiger partial charge in [-0.3, -0.25) is 10.1 Å². The second kappa shape index (κ2) is 5.83. The molecule has 0 spiro atoms. The average Bonchev–Trinajstić information content (AvgIpc) is 2.89. The third-order valence-corrected chi connectivity index (χ3v) is 5.39. The van der Waals surface area contributed by atoms with E-state index in [1.807, 2.05) is 31.2 Å². The van der Waals surface area contributed by atoms with E-state index in [0.717, 1.165) is 20.1 Å². The highest BCUT2D eigenvalue weighted by Gasteiger charge is 2.14. The first-order valence-electron chi connectivity index (χ1n) is 6.40. The predicted octanol–water partition coefficient (Wildman–Crippen LogP) is 5.06. The summed E-state index contributed by atoms with van der Waals surface area (Å²) < 4.78 is 2.14. The Kier molecular flexibility index (Phi) is 3.90. The molecule has 6 heteroatoms. The summed E-state index contributed by atoms with van der Waals surface area (Å²) >= 11 is 3.28. The molecule has 1 atom stereocenters. The van der Waals surface area contributed by atoms with Crippen LogP contribution in [0.2, 0.25) is 0 Å². The minimum Gasteiger partial charge on any atom is -0.258 e. The number of rotatable bonds is 4. The van der Waals surface area contributed by atoms with E-state index in [2.05, 4.69) is 11.1 Å². The zero-order chi connectivity index (χ0) is 14.8. The van der Waals surface area contributed by atoms with Gasteiger partial charge in [-0.2, -0.15) is 0 Å². The minimum absolute atomic E-state index is 0.116. The van der Waals surface area contributed by atoms with E-state index in [1.54, 1.807) is 35.2 Å². The highest BCUT2D eigenvalue weighted by Crippen LogP contribution is 2.39. The number of hydrogen-bond acceptors (Lipinski definition) is 5. The molecule has 21 heavy (non-hydrogen) atoms. The molecule has 2 aromatic carbocycles. The summed E-state index contributed by atoms with van der Waals surface area (Å²) in [7, 11) is 0. The van der Waals surface area contributed by atoms with Crippen molar-refractivity contribution >= 4 is 39.0 Å². The zero-order valence-electron chi connectivity index (χ0n) is 11.2. The first-order chi connectivity index (χ1) is 10.1. The van der Waals surface area contributed by atoms with Crippen molar-refractivity contribution in [3.8, 4) is 0 Å². The fourth-order valence-electron chi connectivity index (χ4n) is 2.01. The Hall–Kier alpha value is -1.92. The number of nitro benzene ring substituents is 1. The third kappa shape index (κ3) is 3.06. The molecule has 106 valence electrons. The van der Waals surface area contributed by atoms with Gasteiger partial charge in [-0.1, -0.05) is 36.0 Å². The molecule has 0 bridgehead atoms. The maximum atomic E-state index is 10.8.